The molecule has 0 aliphatic rings. The number of benzene rings is 2. The molecule has 0 saturated heterocycles. The van der Waals surface area contributed by atoms with Gasteiger partial charge in [0.25, 0.3) is 0 Å². The van der Waals surface area contributed by atoms with Gasteiger partial charge in [-0.25, -0.2) is 4.31 Å². The Morgan fingerprint density at radius 3 is 2.06 bits per heavy atom. The molecule has 2 aromatic rings. The summed E-state index contributed by atoms with van der Waals surface area (Å²) in [6.45, 7) is 0.959. The Labute approximate surface area is 101 Å². The summed E-state index contributed by atoms with van der Waals surface area (Å²) < 4.78 is 2.24. The predicted octanol–water partition coefficient (Wildman–Crippen LogP) is 3.83. The lowest BCUT2D eigenvalue weighted by molar-refractivity contribution is 0.564. The summed E-state index contributed by atoms with van der Waals surface area (Å²) >= 11 is 1.77. The van der Waals surface area contributed by atoms with Gasteiger partial charge in [-0.3, -0.25) is 0 Å². The van der Waals surface area contributed by atoms with Crippen molar-refractivity contribution in [2.24, 2.45) is 0 Å². The minimum atomic E-state index is 0.959. The average molecular weight is 229 g/mol. The number of nitrogens with zero attached hydrogens (tertiary/aromatic N) is 1. The monoisotopic (exact) mass is 229 g/mol. The second kappa shape index (κ2) is 5.73. The van der Waals surface area contributed by atoms with Gasteiger partial charge in [0.2, 0.25) is 0 Å². The zero-order valence-electron chi connectivity index (χ0n) is 9.34. The molecule has 2 rings (SSSR count). The largest absolute Gasteiger partial charge is 0.245 e. The smallest absolute Gasteiger partial charge is 0.0340 e. The molecule has 2 heteroatoms. The fourth-order valence-corrected chi connectivity index (χ4v) is 2.39. The van der Waals surface area contributed by atoms with E-state index in [-0.39, 0.29) is 0 Å². The summed E-state index contributed by atoms with van der Waals surface area (Å²) in [6.07, 6.45) is 0. The maximum Gasteiger partial charge on any atom is 0.0340 e. The van der Waals surface area contributed by atoms with Crippen LogP contribution in [0.5, 0.6) is 0 Å². The molecule has 0 aliphatic heterocycles. The Balaban J connectivity index is 1.92. The summed E-state index contributed by atoms with van der Waals surface area (Å²) in [5.41, 5.74) is 1.34. The van der Waals surface area contributed by atoms with Crippen molar-refractivity contribution in [1.82, 2.24) is 4.31 Å². The first-order valence-electron chi connectivity index (χ1n) is 5.33. The summed E-state index contributed by atoms with van der Waals surface area (Å²) in [4.78, 5) is 1.28. The lowest BCUT2D eigenvalue weighted by atomic mass is 10.2. The van der Waals surface area contributed by atoms with Crippen LogP contribution in [-0.2, 0) is 6.54 Å². The van der Waals surface area contributed by atoms with E-state index in [1.54, 1.807) is 11.9 Å². The van der Waals surface area contributed by atoms with E-state index in [1.807, 2.05) is 12.1 Å². The van der Waals surface area contributed by atoms with Gasteiger partial charge >= 0.3 is 0 Å². The van der Waals surface area contributed by atoms with Crippen molar-refractivity contribution in [3.05, 3.63) is 66.2 Å². The van der Waals surface area contributed by atoms with Crippen molar-refractivity contribution in [3.8, 4) is 0 Å². The Morgan fingerprint density at radius 2 is 1.44 bits per heavy atom. The van der Waals surface area contributed by atoms with E-state index in [0.29, 0.717) is 0 Å². The number of hydrogen-bond acceptors (Lipinski definition) is 2. The zero-order valence-corrected chi connectivity index (χ0v) is 10.2. The average Bonchev–Trinajstić information content (AvgIpc) is 2.31. The van der Waals surface area contributed by atoms with E-state index in [2.05, 4.69) is 59.9 Å². The van der Waals surface area contributed by atoms with Gasteiger partial charge in [-0.2, -0.15) is 0 Å². The van der Waals surface area contributed by atoms with Crippen molar-refractivity contribution < 1.29 is 0 Å². The standard InChI is InChI=1S/C14H15NS/c1-15(12-13-8-4-2-5-9-13)16-14-10-6-3-7-11-14/h2-11H,12H2,1H3. The summed E-state index contributed by atoms with van der Waals surface area (Å²) in [7, 11) is 2.12. The highest BCUT2D eigenvalue weighted by atomic mass is 32.2. The van der Waals surface area contributed by atoms with E-state index in [9.17, 15) is 0 Å². The Bertz CT molecular complexity index is 372. The molecule has 0 aliphatic carbocycles. The van der Waals surface area contributed by atoms with Gasteiger partial charge in [0, 0.05) is 11.4 Å². The fourth-order valence-electron chi connectivity index (χ4n) is 1.53. The van der Waals surface area contributed by atoms with Crippen LogP contribution in [0.3, 0.4) is 0 Å². The van der Waals surface area contributed by atoms with Crippen LogP contribution in [0.4, 0.5) is 0 Å². The molecule has 0 heterocycles. The summed E-state index contributed by atoms with van der Waals surface area (Å²) in [5, 5.41) is 0. The van der Waals surface area contributed by atoms with Crippen LogP contribution in [0.25, 0.3) is 0 Å². The number of hydrogen-bond donors (Lipinski definition) is 0. The molecule has 0 N–H and O–H groups in total. The Hall–Kier alpha value is -1.25. The molecule has 0 spiro atoms. The normalized spacial score (nSPS) is 10.6. The van der Waals surface area contributed by atoms with Crippen molar-refractivity contribution in [3.63, 3.8) is 0 Å². The molecule has 0 amide bonds. The Kier molecular flexibility index (Phi) is 4.03. The van der Waals surface area contributed by atoms with E-state index in [4.69, 9.17) is 0 Å². The third-order valence-corrected chi connectivity index (χ3v) is 3.18. The molecule has 0 fully saturated rings. The van der Waals surface area contributed by atoms with Gasteiger partial charge in [0.1, 0.15) is 0 Å². The first kappa shape index (κ1) is 11.2. The second-order valence-electron chi connectivity index (χ2n) is 3.68. The second-order valence-corrected chi connectivity index (χ2v) is 4.95. The minimum absolute atomic E-state index is 0.959. The van der Waals surface area contributed by atoms with Crippen LogP contribution in [-0.4, -0.2) is 11.4 Å². The van der Waals surface area contributed by atoms with Crippen LogP contribution in [0.1, 0.15) is 5.56 Å². The SMILES string of the molecule is CN(Cc1ccccc1)Sc1ccccc1. The Morgan fingerprint density at radius 1 is 0.875 bits per heavy atom. The molecule has 2 aromatic carbocycles. The van der Waals surface area contributed by atoms with E-state index in [0.717, 1.165) is 6.54 Å². The summed E-state index contributed by atoms with van der Waals surface area (Å²) in [5.74, 6) is 0. The zero-order chi connectivity index (χ0) is 11.2. The first-order chi connectivity index (χ1) is 7.84. The fraction of sp³-hybridized carbons (Fsp3) is 0.143. The third kappa shape index (κ3) is 3.40. The predicted molar refractivity (Wildman–Crippen MR) is 70.2 cm³/mol. The third-order valence-electron chi connectivity index (χ3n) is 2.25. The molecular formula is C14H15NS. The van der Waals surface area contributed by atoms with Crippen molar-refractivity contribution in [1.29, 1.82) is 0 Å². The van der Waals surface area contributed by atoms with Crippen LogP contribution < -0.4 is 0 Å². The number of rotatable bonds is 4. The molecule has 82 valence electrons. The molecule has 16 heavy (non-hydrogen) atoms. The molecule has 0 radical (unpaired) electrons. The van der Waals surface area contributed by atoms with Crippen molar-refractivity contribution in [2.75, 3.05) is 7.05 Å². The molecule has 0 bridgehead atoms. The lowest BCUT2D eigenvalue weighted by Crippen LogP contribution is -2.07. The lowest BCUT2D eigenvalue weighted by Gasteiger charge is -2.15. The first-order valence-corrected chi connectivity index (χ1v) is 6.10. The minimum Gasteiger partial charge on any atom is -0.245 e. The van der Waals surface area contributed by atoms with Crippen LogP contribution >= 0.6 is 11.9 Å². The van der Waals surface area contributed by atoms with Gasteiger partial charge in [0.15, 0.2) is 0 Å². The molecule has 0 atom stereocenters. The topological polar surface area (TPSA) is 3.24 Å². The van der Waals surface area contributed by atoms with Gasteiger partial charge < -0.3 is 0 Å². The van der Waals surface area contributed by atoms with Crippen molar-refractivity contribution >= 4 is 11.9 Å². The van der Waals surface area contributed by atoms with E-state index in [1.165, 1.54) is 10.5 Å². The van der Waals surface area contributed by atoms with Crippen LogP contribution in [0.2, 0.25) is 0 Å². The highest BCUT2D eigenvalue weighted by Crippen LogP contribution is 2.22. The van der Waals surface area contributed by atoms with Gasteiger partial charge in [-0.15, -0.1) is 0 Å². The van der Waals surface area contributed by atoms with E-state index < -0.39 is 0 Å². The maximum absolute atomic E-state index is 2.24. The van der Waals surface area contributed by atoms with E-state index >= 15 is 0 Å². The molecule has 0 aromatic heterocycles. The molecule has 1 nitrogen and oxygen atoms in total. The van der Waals surface area contributed by atoms with Gasteiger partial charge in [0.05, 0.1) is 0 Å². The van der Waals surface area contributed by atoms with Crippen LogP contribution in [0, 0.1) is 0 Å². The maximum atomic E-state index is 2.24. The molecule has 0 saturated carbocycles. The van der Waals surface area contributed by atoms with Crippen LogP contribution in [0.15, 0.2) is 65.6 Å². The molecule has 0 unspecified atom stereocenters. The molecular weight excluding hydrogens is 214 g/mol. The van der Waals surface area contributed by atoms with Crippen molar-refractivity contribution in [2.45, 2.75) is 11.4 Å². The highest BCUT2D eigenvalue weighted by Gasteiger charge is 2.01. The van der Waals surface area contributed by atoms with Gasteiger partial charge in [-0.1, -0.05) is 48.5 Å². The van der Waals surface area contributed by atoms with Gasteiger partial charge in [-0.05, 0) is 36.7 Å². The quantitative estimate of drug-likeness (QED) is 0.733. The summed E-state index contributed by atoms with van der Waals surface area (Å²) in [6, 6.07) is 21.0. The highest BCUT2D eigenvalue weighted by molar-refractivity contribution is 7.97.